The Balaban J connectivity index is 1.77. The zero-order valence-corrected chi connectivity index (χ0v) is 16.6. The summed E-state index contributed by atoms with van der Waals surface area (Å²) in [6.07, 6.45) is 1.65. The van der Waals surface area contributed by atoms with Gasteiger partial charge in [0.15, 0.2) is 5.65 Å². The Morgan fingerprint density at radius 2 is 1.57 bits per heavy atom. The SMILES string of the molecule is Cc1nc2c(Cl)cc(Cl)cn2c1C(=O)NC(c1ccccc1)c1ccccc1. The van der Waals surface area contributed by atoms with Gasteiger partial charge in [-0.2, -0.15) is 0 Å². The van der Waals surface area contributed by atoms with Gasteiger partial charge in [0.1, 0.15) is 5.69 Å². The summed E-state index contributed by atoms with van der Waals surface area (Å²) in [5.74, 6) is -0.249. The van der Waals surface area contributed by atoms with Crippen molar-refractivity contribution >= 4 is 34.8 Å². The summed E-state index contributed by atoms with van der Waals surface area (Å²) in [6.45, 7) is 1.78. The zero-order chi connectivity index (χ0) is 19.7. The molecule has 2 heterocycles. The van der Waals surface area contributed by atoms with Crippen molar-refractivity contribution in [3.63, 3.8) is 0 Å². The minimum Gasteiger partial charge on any atom is -0.340 e. The first-order valence-electron chi connectivity index (χ1n) is 8.79. The van der Waals surface area contributed by atoms with E-state index in [1.807, 2.05) is 60.7 Å². The second-order valence-corrected chi connectivity index (χ2v) is 7.32. The van der Waals surface area contributed by atoms with E-state index in [1.165, 1.54) is 0 Å². The lowest BCUT2D eigenvalue weighted by atomic mass is 9.98. The molecule has 0 fully saturated rings. The van der Waals surface area contributed by atoms with Gasteiger partial charge in [0.05, 0.1) is 21.8 Å². The van der Waals surface area contributed by atoms with Crippen LogP contribution in [0.15, 0.2) is 72.9 Å². The molecule has 4 aromatic rings. The number of pyridine rings is 1. The molecule has 4 rings (SSSR count). The highest BCUT2D eigenvalue weighted by Gasteiger charge is 2.23. The molecule has 1 N–H and O–H groups in total. The molecule has 1 amide bonds. The number of fused-ring (bicyclic) bond motifs is 1. The number of halogens is 2. The zero-order valence-electron chi connectivity index (χ0n) is 15.1. The lowest BCUT2D eigenvalue weighted by Crippen LogP contribution is -2.30. The highest BCUT2D eigenvalue weighted by atomic mass is 35.5. The van der Waals surface area contributed by atoms with Crippen LogP contribution in [-0.2, 0) is 0 Å². The van der Waals surface area contributed by atoms with E-state index in [1.54, 1.807) is 23.6 Å². The Morgan fingerprint density at radius 1 is 1.00 bits per heavy atom. The molecule has 2 aromatic heterocycles. The van der Waals surface area contributed by atoms with Crippen molar-refractivity contribution in [2.24, 2.45) is 0 Å². The molecular weight excluding hydrogens is 393 g/mol. The molecule has 4 nitrogen and oxygen atoms in total. The first kappa shape index (κ1) is 18.5. The number of carbonyl (C=O) groups excluding carboxylic acids is 1. The average Bonchev–Trinajstić information content (AvgIpc) is 3.03. The fraction of sp³-hybridized carbons (Fsp3) is 0.0909. The number of hydrogen-bond acceptors (Lipinski definition) is 2. The van der Waals surface area contributed by atoms with Crippen molar-refractivity contribution in [3.05, 3.63) is 105 Å². The Hall–Kier alpha value is -2.82. The van der Waals surface area contributed by atoms with E-state index in [0.29, 0.717) is 27.1 Å². The number of carbonyl (C=O) groups is 1. The van der Waals surface area contributed by atoms with Crippen LogP contribution in [0, 0.1) is 6.92 Å². The summed E-state index contributed by atoms with van der Waals surface area (Å²) < 4.78 is 1.64. The van der Waals surface area contributed by atoms with Gasteiger partial charge in [-0.1, -0.05) is 83.9 Å². The maximum Gasteiger partial charge on any atom is 0.270 e. The van der Waals surface area contributed by atoms with E-state index >= 15 is 0 Å². The van der Waals surface area contributed by atoms with Gasteiger partial charge in [-0.15, -0.1) is 0 Å². The third-order valence-electron chi connectivity index (χ3n) is 4.57. The average molecular weight is 410 g/mol. The Labute approximate surface area is 172 Å². The van der Waals surface area contributed by atoms with Crippen molar-refractivity contribution in [1.29, 1.82) is 0 Å². The minimum atomic E-state index is -0.297. The van der Waals surface area contributed by atoms with Gasteiger partial charge in [-0.05, 0) is 24.1 Å². The van der Waals surface area contributed by atoms with Crippen LogP contribution >= 0.6 is 23.2 Å². The first-order chi connectivity index (χ1) is 13.5. The molecule has 0 aliphatic carbocycles. The summed E-state index contributed by atoms with van der Waals surface area (Å²) in [5, 5.41) is 3.97. The summed E-state index contributed by atoms with van der Waals surface area (Å²) in [5.41, 5.74) is 3.48. The molecule has 28 heavy (non-hydrogen) atoms. The normalized spacial score (nSPS) is 11.1. The molecule has 0 saturated carbocycles. The van der Waals surface area contributed by atoms with Crippen LogP contribution in [0.1, 0.15) is 33.4 Å². The van der Waals surface area contributed by atoms with Crippen LogP contribution in [0.5, 0.6) is 0 Å². The smallest absolute Gasteiger partial charge is 0.270 e. The van der Waals surface area contributed by atoms with Crippen molar-refractivity contribution in [1.82, 2.24) is 14.7 Å². The second-order valence-electron chi connectivity index (χ2n) is 6.47. The number of imidazole rings is 1. The lowest BCUT2D eigenvalue weighted by molar-refractivity contribution is 0.0936. The third-order valence-corrected chi connectivity index (χ3v) is 5.06. The second kappa shape index (κ2) is 7.66. The predicted molar refractivity (Wildman–Crippen MR) is 112 cm³/mol. The summed E-state index contributed by atoms with van der Waals surface area (Å²) in [6, 6.07) is 21.0. The Kier molecular flexibility index (Phi) is 5.07. The monoisotopic (exact) mass is 409 g/mol. The maximum atomic E-state index is 13.3. The highest BCUT2D eigenvalue weighted by molar-refractivity contribution is 6.36. The Bertz CT molecular complexity index is 1100. The number of benzene rings is 2. The molecule has 0 unspecified atom stereocenters. The number of nitrogens with zero attached hydrogens (tertiary/aromatic N) is 2. The van der Waals surface area contributed by atoms with E-state index in [0.717, 1.165) is 11.1 Å². The van der Waals surface area contributed by atoms with Crippen molar-refractivity contribution < 1.29 is 4.79 Å². The van der Waals surface area contributed by atoms with Crippen LogP contribution in [0.2, 0.25) is 10.0 Å². The number of nitrogens with one attached hydrogen (secondary N) is 1. The molecule has 0 atom stereocenters. The van der Waals surface area contributed by atoms with E-state index in [9.17, 15) is 4.79 Å². The standard InChI is InChI=1S/C22H17Cl2N3O/c1-14-20(27-13-17(23)12-18(24)21(27)25-14)22(28)26-19(15-8-4-2-5-9-15)16-10-6-3-7-11-16/h2-13,19H,1H3,(H,26,28). The van der Waals surface area contributed by atoms with Gasteiger partial charge in [0.25, 0.3) is 5.91 Å². The van der Waals surface area contributed by atoms with Gasteiger partial charge in [-0.3, -0.25) is 9.20 Å². The molecule has 0 aliphatic heterocycles. The van der Waals surface area contributed by atoms with Gasteiger partial charge in [0, 0.05) is 6.20 Å². The highest BCUT2D eigenvalue weighted by Crippen LogP contribution is 2.26. The number of rotatable bonds is 4. The van der Waals surface area contributed by atoms with Crippen LogP contribution in [-0.4, -0.2) is 15.3 Å². The molecule has 0 radical (unpaired) electrons. The maximum absolute atomic E-state index is 13.3. The first-order valence-corrected chi connectivity index (χ1v) is 9.54. The quantitative estimate of drug-likeness (QED) is 0.485. The van der Waals surface area contributed by atoms with Crippen molar-refractivity contribution in [3.8, 4) is 0 Å². The van der Waals surface area contributed by atoms with Gasteiger partial charge < -0.3 is 5.32 Å². The number of hydrogen-bond donors (Lipinski definition) is 1. The number of aryl methyl sites for hydroxylation is 1. The van der Waals surface area contributed by atoms with Crippen LogP contribution in [0.25, 0.3) is 5.65 Å². The molecule has 0 saturated heterocycles. The molecule has 0 spiro atoms. The fourth-order valence-electron chi connectivity index (χ4n) is 3.31. The van der Waals surface area contributed by atoms with Crippen LogP contribution in [0.3, 0.4) is 0 Å². The number of aromatic nitrogens is 2. The summed E-state index contributed by atoms with van der Waals surface area (Å²) in [7, 11) is 0. The molecule has 0 bridgehead atoms. The van der Waals surface area contributed by atoms with E-state index in [-0.39, 0.29) is 11.9 Å². The molecule has 2 aromatic carbocycles. The largest absolute Gasteiger partial charge is 0.340 e. The van der Waals surface area contributed by atoms with E-state index in [2.05, 4.69) is 10.3 Å². The third kappa shape index (κ3) is 3.49. The molecular formula is C22H17Cl2N3O. The van der Waals surface area contributed by atoms with Crippen LogP contribution < -0.4 is 5.32 Å². The van der Waals surface area contributed by atoms with E-state index in [4.69, 9.17) is 23.2 Å². The molecule has 0 aliphatic rings. The van der Waals surface area contributed by atoms with E-state index < -0.39 is 0 Å². The number of amides is 1. The topological polar surface area (TPSA) is 46.4 Å². The fourth-order valence-corrected chi connectivity index (χ4v) is 3.82. The van der Waals surface area contributed by atoms with Crippen molar-refractivity contribution in [2.75, 3.05) is 0 Å². The lowest BCUT2D eigenvalue weighted by Gasteiger charge is -2.20. The summed E-state index contributed by atoms with van der Waals surface area (Å²) in [4.78, 5) is 17.7. The van der Waals surface area contributed by atoms with Gasteiger partial charge in [0.2, 0.25) is 0 Å². The molecule has 6 heteroatoms. The molecule has 140 valence electrons. The van der Waals surface area contributed by atoms with Gasteiger partial charge >= 0.3 is 0 Å². The predicted octanol–water partition coefficient (Wildman–Crippen LogP) is 5.47. The Morgan fingerprint density at radius 3 is 2.14 bits per heavy atom. The van der Waals surface area contributed by atoms with Crippen molar-refractivity contribution in [2.45, 2.75) is 13.0 Å². The minimum absolute atomic E-state index is 0.249. The summed E-state index contributed by atoms with van der Waals surface area (Å²) >= 11 is 12.4. The van der Waals surface area contributed by atoms with Gasteiger partial charge in [-0.25, -0.2) is 4.98 Å². The van der Waals surface area contributed by atoms with Crippen LogP contribution in [0.4, 0.5) is 0 Å².